The zero-order valence-electron chi connectivity index (χ0n) is 41.0. The van der Waals surface area contributed by atoms with Crippen molar-refractivity contribution < 1.29 is 37.6 Å². The topological polar surface area (TPSA) is 112 Å². The van der Waals surface area contributed by atoms with Crippen molar-refractivity contribution in [2.45, 2.75) is 225 Å². The number of hydrogen-bond acceptors (Lipinski definition) is 8. The minimum Gasteiger partial charge on any atom is -0.462 e. The molecule has 0 bridgehead atoms. The Bertz CT molecular complexity index is 1230. The Kier molecular flexibility index (Phi) is 45.9. The van der Waals surface area contributed by atoms with Crippen LogP contribution >= 0.6 is 7.82 Å². The van der Waals surface area contributed by atoms with Gasteiger partial charge in [-0.3, -0.25) is 18.6 Å². The van der Waals surface area contributed by atoms with Crippen LogP contribution in [0.4, 0.5) is 0 Å². The Morgan fingerprint density at radius 2 is 0.905 bits per heavy atom. The lowest BCUT2D eigenvalue weighted by atomic mass is 10.0. The third-order valence-electron chi connectivity index (χ3n) is 10.8. The molecule has 0 aromatic heterocycles. The lowest BCUT2D eigenvalue weighted by Gasteiger charge is -2.20. The molecule has 0 aliphatic heterocycles. The van der Waals surface area contributed by atoms with E-state index in [-0.39, 0.29) is 26.1 Å². The summed E-state index contributed by atoms with van der Waals surface area (Å²) in [6, 6.07) is 0. The summed E-state index contributed by atoms with van der Waals surface area (Å²) in [6.07, 6.45) is 57.0. The van der Waals surface area contributed by atoms with Crippen molar-refractivity contribution in [3.63, 3.8) is 0 Å². The first-order valence-corrected chi connectivity index (χ1v) is 27.1. The molecule has 366 valence electrons. The molecular weight excluding hydrogens is 810 g/mol. The number of carbonyl (C=O) groups excluding carboxylic acids is 2. The van der Waals surface area contributed by atoms with Crippen molar-refractivity contribution in [2.24, 2.45) is 0 Å². The predicted molar refractivity (Wildman–Crippen MR) is 266 cm³/mol. The summed E-state index contributed by atoms with van der Waals surface area (Å²) in [6.45, 7) is 4.20. The molecule has 2 atom stereocenters. The van der Waals surface area contributed by atoms with Crippen molar-refractivity contribution in [3.05, 3.63) is 60.8 Å². The number of carbonyl (C=O) groups is 2. The number of ether oxygens (including phenoxy) is 2. The van der Waals surface area contributed by atoms with E-state index in [1.807, 2.05) is 19.0 Å². The first-order valence-electron chi connectivity index (χ1n) is 25.6. The van der Waals surface area contributed by atoms with Crippen LogP contribution in [0.1, 0.15) is 219 Å². The third kappa shape index (κ3) is 49.0. The quantitative estimate of drug-likeness (QED) is 0.0276. The van der Waals surface area contributed by atoms with Crippen LogP contribution in [-0.2, 0) is 32.7 Å². The van der Waals surface area contributed by atoms with Crippen LogP contribution in [0.2, 0.25) is 0 Å². The molecule has 0 amide bonds. The van der Waals surface area contributed by atoms with Gasteiger partial charge < -0.3 is 19.3 Å². The monoisotopic (exact) mass is 906 g/mol. The van der Waals surface area contributed by atoms with Gasteiger partial charge in [-0.1, -0.05) is 209 Å². The Balaban J connectivity index is 4.23. The predicted octanol–water partition coefficient (Wildman–Crippen LogP) is 15.4. The molecule has 0 fully saturated rings. The van der Waals surface area contributed by atoms with Crippen LogP contribution < -0.4 is 0 Å². The molecule has 1 N–H and O–H groups in total. The van der Waals surface area contributed by atoms with Gasteiger partial charge in [0.2, 0.25) is 0 Å². The zero-order chi connectivity index (χ0) is 46.2. The normalized spacial score (nSPS) is 13.7. The van der Waals surface area contributed by atoms with E-state index in [0.717, 1.165) is 64.2 Å². The maximum atomic E-state index is 12.7. The van der Waals surface area contributed by atoms with Gasteiger partial charge >= 0.3 is 19.8 Å². The highest BCUT2D eigenvalue weighted by molar-refractivity contribution is 7.47. The summed E-state index contributed by atoms with van der Waals surface area (Å²) < 4.78 is 33.6. The molecular formula is C53H96NO8P. The first-order chi connectivity index (χ1) is 30.7. The SMILES string of the molecule is CC/C=C\C/C=C\C/C=C\C/C=C\C/C=C\CCCCCC(=O)OCC(COP(=O)(O)OCCN(C)C)OC(=O)CCCCCCCCCCCCCCCCCCCCCCC. The van der Waals surface area contributed by atoms with Crippen LogP contribution in [0.3, 0.4) is 0 Å². The molecule has 0 saturated heterocycles. The molecule has 9 nitrogen and oxygen atoms in total. The van der Waals surface area contributed by atoms with E-state index in [1.54, 1.807) is 0 Å². The molecule has 0 spiro atoms. The van der Waals surface area contributed by atoms with Crippen LogP contribution in [0.5, 0.6) is 0 Å². The van der Waals surface area contributed by atoms with Crippen molar-refractivity contribution in [2.75, 3.05) is 40.5 Å². The fraction of sp³-hybridized carbons (Fsp3) is 0.774. The molecule has 0 aromatic rings. The summed E-state index contributed by atoms with van der Waals surface area (Å²) in [4.78, 5) is 37.2. The van der Waals surface area contributed by atoms with Gasteiger partial charge in [-0.15, -0.1) is 0 Å². The second kappa shape index (κ2) is 47.7. The molecule has 0 radical (unpaired) electrons. The Morgan fingerprint density at radius 1 is 0.508 bits per heavy atom. The summed E-state index contributed by atoms with van der Waals surface area (Å²) in [5, 5.41) is 0. The van der Waals surface area contributed by atoms with E-state index < -0.39 is 32.5 Å². The summed E-state index contributed by atoms with van der Waals surface area (Å²) in [5.41, 5.74) is 0. The van der Waals surface area contributed by atoms with E-state index >= 15 is 0 Å². The molecule has 0 heterocycles. The van der Waals surface area contributed by atoms with Crippen LogP contribution in [-0.4, -0.2) is 68.3 Å². The number of esters is 2. The van der Waals surface area contributed by atoms with Gasteiger partial charge in [0, 0.05) is 19.4 Å². The van der Waals surface area contributed by atoms with E-state index in [2.05, 4.69) is 74.6 Å². The number of likely N-dealkylation sites (N-methyl/N-ethyl adjacent to an activating group) is 1. The smallest absolute Gasteiger partial charge is 0.462 e. The van der Waals surface area contributed by atoms with E-state index in [0.29, 0.717) is 19.4 Å². The molecule has 0 saturated carbocycles. The summed E-state index contributed by atoms with van der Waals surface area (Å²) in [5.74, 6) is -0.835. The molecule has 0 rings (SSSR count). The molecule has 10 heteroatoms. The number of nitrogens with zero attached hydrogens (tertiary/aromatic N) is 1. The summed E-state index contributed by atoms with van der Waals surface area (Å²) in [7, 11) is -0.728. The van der Waals surface area contributed by atoms with Gasteiger partial charge in [0.05, 0.1) is 13.2 Å². The second-order valence-corrected chi connectivity index (χ2v) is 18.8. The molecule has 2 unspecified atom stereocenters. The number of phosphoric ester groups is 1. The fourth-order valence-electron chi connectivity index (χ4n) is 6.95. The van der Waals surface area contributed by atoms with Gasteiger partial charge in [-0.2, -0.15) is 0 Å². The van der Waals surface area contributed by atoms with Crippen molar-refractivity contribution >= 4 is 19.8 Å². The van der Waals surface area contributed by atoms with Crippen molar-refractivity contribution in [1.29, 1.82) is 0 Å². The Labute approximate surface area is 387 Å². The lowest BCUT2D eigenvalue weighted by molar-refractivity contribution is -0.161. The van der Waals surface area contributed by atoms with Crippen molar-refractivity contribution in [3.8, 4) is 0 Å². The van der Waals surface area contributed by atoms with E-state index in [4.69, 9.17) is 18.5 Å². The summed E-state index contributed by atoms with van der Waals surface area (Å²) >= 11 is 0. The molecule has 0 aliphatic rings. The van der Waals surface area contributed by atoms with Crippen LogP contribution in [0.25, 0.3) is 0 Å². The van der Waals surface area contributed by atoms with Crippen molar-refractivity contribution in [1.82, 2.24) is 4.90 Å². The molecule has 0 aromatic carbocycles. The molecule has 0 aliphatic carbocycles. The van der Waals surface area contributed by atoms with Gasteiger partial charge in [-0.25, -0.2) is 4.57 Å². The average molecular weight is 906 g/mol. The highest BCUT2D eigenvalue weighted by Gasteiger charge is 2.26. The Hall–Kier alpha value is -2.29. The maximum absolute atomic E-state index is 12.7. The highest BCUT2D eigenvalue weighted by atomic mass is 31.2. The Morgan fingerprint density at radius 3 is 1.35 bits per heavy atom. The van der Waals surface area contributed by atoms with E-state index in [9.17, 15) is 19.0 Å². The van der Waals surface area contributed by atoms with Gasteiger partial charge in [0.15, 0.2) is 6.10 Å². The van der Waals surface area contributed by atoms with Gasteiger partial charge in [0.1, 0.15) is 6.61 Å². The number of allylic oxidation sites excluding steroid dienone is 10. The highest BCUT2D eigenvalue weighted by Crippen LogP contribution is 2.43. The number of hydrogen-bond donors (Lipinski definition) is 1. The van der Waals surface area contributed by atoms with Crippen LogP contribution in [0, 0.1) is 0 Å². The average Bonchev–Trinajstić information content (AvgIpc) is 3.25. The standard InChI is InChI=1S/C53H96NO8P/c1-5-7-9-11-13-15-17-19-21-23-25-26-28-30-32-34-36-38-40-42-44-46-53(56)62-51(50-61-63(57,58)60-48-47-54(3)4)49-59-52(55)45-43-41-39-37-35-33-31-29-27-24-22-20-18-16-14-12-10-8-6-2/h8,10,14,16,20,22,27,29,33,35,51H,5-7,9,11-13,15,17-19,21,23-26,28,30-32,34,36-50H2,1-4H3,(H,57,58)/b10-8-,16-14-,22-20-,29-27-,35-33-. The minimum atomic E-state index is -4.38. The van der Waals surface area contributed by atoms with E-state index in [1.165, 1.54) is 116 Å². The fourth-order valence-corrected chi connectivity index (χ4v) is 7.69. The first kappa shape index (κ1) is 60.7. The zero-order valence-corrected chi connectivity index (χ0v) is 41.9. The van der Waals surface area contributed by atoms with Gasteiger partial charge in [0.25, 0.3) is 0 Å². The largest absolute Gasteiger partial charge is 0.472 e. The maximum Gasteiger partial charge on any atom is 0.472 e. The third-order valence-corrected chi connectivity index (χ3v) is 11.8. The number of unbranched alkanes of at least 4 members (excludes halogenated alkanes) is 23. The minimum absolute atomic E-state index is 0.000767. The number of rotatable bonds is 47. The lowest BCUT2D eigenvalue weighted by Crippen LogP contribution is -2.29. The van der Waals surface area contributed by atoms with Crippen LogP contribution in [0.15, 0.2) is 60.8 Å². The number of phosphoric acid groups is 1. The second-order valence-electron chi connectivity index (χ2n) is 17.3. The molecule has 63 heavy (non-hydrogen) atoms. The van der Waals surface area contributed by atoms with Gasteiger partial charge in [-0.05, 0) is 71.9 Å².